The quantitative estimate of drug-likeness (QED) is 0.216. The molecular weight excluding hydrogens is 617 g/mol. The van der Waals surface area contributed by atoms with Crippen LogP contribution in [-0.4, -0.2) is 60.9 Å². The van der Waals surface area contributed by atoms with E-state index < -0.39 is 12.0 Å². The van der Waals surface area contributed by atoms with Crippen LogP contribution in [0.3, 0.4) is 0 Å². The van der Waals surface area contributed by atoms with Crippen molar-refractivity contribution in [3.05, 3.63) is 59.2 Å². The Bertz CT molecular complexity index is 1400. The van der Waals surface area contributed by atoms with Crippen LogP contribution in [0.4, 0.5) is 0 Å². The number of fused-ring (bicyclic) bond motifs is 2. The number of ether oxygens (including phenoxy) is 1. The van der Waals surface area contributed by atoms with E-state index in [1.807, 2.05) is 30.5 Å². The van der Waals surface area contributed by atoms with Crippen LogP contribution in [0.1, 0.15) is 106 Å². The van der Waals surface area contributed by atoms with E-state index in [1.54, 1.807) is 11.8 Å². The van der Waals surface area contributed by atoms with Gasteiger partial charge in [-0.15, -0.1) is 0 Å². The third-order valence-corrected chi connectivity index (χ3v) is 12.1. The van der Waals surface area contributed by atoms with Crippen LogP contribution in [0, 0.1) is 36.0 Å². The van der Waals surface area contributed by atoms with Crippen molar-refractivity contribution >= 4 is 29.5 Å². The van der Waals surface area contributed by atoms with Crippen molar-refractivity contribution in [1.29, 1.82) is 0 Å². The maximum Gasteiger partial charge on any atom is 0.328 e. The Balaban J connectivity index is 1.42. The molecule has 0 aliphatic heterocycles. The second-order valence-electron chi connectivity index (χ2n) is 15.5. The standard InChI is InChI=1S/C41H58N2O4S/c1-28-21-33-22-29(2)25-41(24-28,26-33)40(46)43(27-32-12-7-6-8-13-32)19-17-31-15-16-35(36(23-31)34-14-10-9-11-30(34)3)38(44)42-37(18-20-48-5)39(45)47-4/h9-11,14-16,23,28-29,32-33,37H,6-8,12-13,17-22,24-27H2,1-5H3,(H,42,44). The van der Waals surface area contributed by atoms with Crippen LogP contribution in [0.15, 0.2) is 42.5 Å². The number of thioether (sulfide) groups is 1. The smallest absolute Gasteiger partial charge is 0.328 e. The highest BCUT2D eigenvalue weighted by atomic mass is 32.2. The zero-order valence-electron chi connectivity index (χ0n) is 30.0. The lowest BCUT2D eigenvalue weighted by Gasteiger charge is -2.50. The van der Waals surface area contributed by atoms with E-state index in [2.05, 4.69) is 49.2 Å². The second-order valence-corrected chi connectivity index (χ2v) is 16.5. The highest BCUT2D eigenvalue weighted by molar-refractivity contribution is 7.98. The molecule has 3 aliphatic carbocycles. The number of carbonyl (C=O) groups is 3. The molecule has 6 nitrogen and oxygen atoms in total. The van der Waals surface area contributed by atoms with Gasteiger partial charge in [0.1, 0.15) is 6.04 Å². The fourth-order valence-corrected chi connectivity index (χ4v) is 9.90. The lowest BCUT2D eigenvalue weighted by Crippen LogP contribution is -2.52. The van der Waals surface area contributed by atoms with Gasteiger partial charge in [0, 0.05) is 18.7 Å². The number of methoxy groups -OCH3 is 1. The summed E-state index contributed by atoms with van der Waals surface area (Å²) in [6.45, 7) is 8.34. The molecule has 262 valence electrons. The van der Waals surface area contributed by atoms with Crippen molar-refractivity contribution in [3.8, 4) is 11.1 Å². The summed E-state index contributed by atoms with van der Waals surface area (Å²) in [7, 11) is 1.36. The number of nitrogens with zero attached hydrogens (tertiary/aromatic N) is 1. The van der Waals surface area contributed by atoms with E-state index >= 15 is 0 Å². The topological polar surface area (TPSA) is 75.7 Å². The predicted molar refractivity (Wildman–Crippen MR) is 197 cm³/mol. The summed E-state index contributed by atoms with van der Waals surface area (Å²) in [4.78, 5) is 43.4. The van der Waals surface area contributed by atoms with Gasteiger partial charge in [0.15, 0.2) is 0 Å². The summed E-state index contributed by atoms with van der Waals surface area (Å²) in [5, 5.41) is 2.96. The van der Waals surface area contributed by atoms with Crippen molar-refractivity contribution in [2.75, 3.05) is 32.2 Å². The van der Waals surface area contributed by atoms with Crippen molar-refractivity contribution in [2.45, 2.75) is 104 Å². The molecule has 0 saturated heterocycles. The Labute approximate surface area is 293 Å². The lowest BCUT2D eigenvalue weighted by atomic mass is 9.56. The van der Waals surface area contributed by atoms with Crippen molar-refractivity contribution in [3.63, 3.8) is 0 Å². The molecule has 0 heterocycles. The Hall–Kier alpha value is -2.80. The van der Waals surface area contributed by atoms with E-state index in [0.29, 0.717) is 48.1 Å². The summed E-state index contributed by atoms with van der Waals surface area (Å²) in [6, 6.07) is 13.5. The molecule has 3 saturated carbocycles. The van der Waals surface area contributed by atoms with Gasteiger partial charge in [-0.25, -0.2) is 4.79 Å². The number of aryl methyl sites for hydroxylation is 1. The zero-order valence-corrected chi connectivity index (χ0v) is 30.8. The molecule has 0 radical (unpaired) electrons. The molecule has 2 bridgehead atoms. The number of benzene rings is 2. The molecule has 5 rings (SSSR count). The van der Waals surface area contributed by atoms with E-state index in [-0.39, 0.29) is 11.3 Å². The SMILES string of the molecule is COC(=O)C(CCSC)NC(=O)c1ccc(CCN(CC2CCCCC2)C(=O)C23CC(C)CC(CC(C)C2)C3)cc1-c1ccccc1C. The molecule has 7 heteroatoms. The van der Waals surface area contributed by atoms with Crippen LogP contribution >= 0.6 is 11.8 Å². The third-order valence-electron chi connectivity index (χ3n) is 11.4. The number of amides is 2. The number of nitrogens with one attached hydrogen (secondary N) is 1. The first-order valence-electron chi connectivity index (χ1n) is 18.5. The molecule has 1 N–H and O–H groups in total. The minimum Gasteiger partial charge on any atom is -0.467 e. The Morgan fingerprint density at radius 2 is 1.69 bits per heavy atom. The van der Waals surface area contributed by atoms with Crippen molar-refractivity contribution in [2.24, 2.45) is 29.1 Å². The number of hydrogen-bond acceptors (Lipinski definition) is 5. The van der Waals surface area contributed by atoms with Gasteiger partial charge in [-0.3, -0.25) is 9.59 Å². The van der Waals surface area contributed by atoms with E-state index in [4.69, 9.17) is 4.74 Å². The van der Waals surface area contributed by atoms with Gasteiger partial charge in [-0.2, -0.15) is 11.8 Å². The zero-order chi connectivity index (χ0) is 34.3. The first-order chi connectivity index (χ1) is 23.1. The second kappa shape index (κ2) is 16.7. The van der Waals surface area contributed by atoms with Crippen molar-refractivity contribution in [1.82, 2.24) is 10.2 Å². The summed E-state index contributed by atoms with van der Waals surface area (Å²) in [5.74, 6) is 2.90. The molecule has 0 spiro atoms. The molecule has 2 aromatic rings. The van der Waals surface area contributed by atoms with Crippen LogP contribution < -0.4 is 5.32 Å². The van der Waals surface area contributed by atoms with Gasteiger partial charge in [0.2, 0.25) is 5.91 Å². The maximum atomic E-state index is 14.8. The molecule has 3 aliphatic rings. The van der Waals surface area contributed by atoms with Gasteiger partial charge in [0.05, 0.1) is 12.5 Å². The first-order valence-corrected chi connectivity index (χ1v) is 19.9. The number of hydrogen-bond donors (Lipinski definition) is 1. The first kappa shape index (κ1) is 36.5. The lowest BCUT2D eigenvalue weighted by molar-refractivity contribution is -0.152. The fraction of sp³-hybridized carbons (Fsp3) is 0.634. The highest BCUT2D eigenvalue weighted by Crippen LogP contribution is 2.53. The van der Waals surface area contributed by atoms with Crippen molar-refractivity contribution < 1.29 is 19.1 Å². The number of carbonyl (C=O) groups excluding carboxylic acids is 3. The summed E-state index contributed by atoms with van der Waals surface area (Å²) in [5.41, 5.74) is 4.37. The maximum absolute atomic E-state index is 14.8. The van der Waals surface area contributed by atoms with Gasteiger partial charge >= 0.3 is 5.97 Å². The average Bonchev–Trinajstić information content (AvgIpc) is 3.07. The molecule has 2 amide bonds. The fourth-order valence-electron chi connectivity index (χ4n) is 9.43. The monoisotopic (exact) mass is 674 g/mol. The van der Waals surface area contributed by atoms with E-state index in [1.165, 1.54) is 52.1 Å². The van der Waals surface area contributed by atoms with Crippen LogP contribution in [0.5, 0.6) is 0 Å². The minimum atomic E-state index is -0.706. The Morgan fingerprint density at radius 1 is 0.979 bits per heavy atom. The largest absolute Gasteiger partial charge is 0.467 e. The molecule has 2 aromatic carbocycles. The van der Waals surface area contributed by atoms with Gasteiger partial charge in [0.25, 0.3) is 5.91 Å². The van der Waals surface area contributed by atoms with Gasteiger partial charge in [-0.1, -0.05) is 69.5 Å². The van der Waals surface area contributed by atoms with Crippen LogP contribution in [0.25, 0.3) is 11.1 Å². The van der Waals surface area contributed by atoms with Crippen LogP contribution in [-0.2, 0) is 20.7 Å². The van der Waals surface area contributed by atoms with Gasteiger partial charge in [-0.05, 0) is 129 Å². The predicted octanol–water partition coefficient (Wildman–Crippen LogP) is 8.49. The number of esters is 1. The van der Waals surface area contributed by atoms with E-state index in [9.17, 15) is 14.4 Å². The van der Waals surface area contributed by atoms with Crippen LogP contribution in [0.2, 0.25) is 0 Å². The molecule has 3 atom stereocenters. The molecule has 48 heavy (non-hydrogen) atoms. The average molecular weight is 675 g/mol. The Morgan fingerprint density at radius 3 is 2.35 bits per heavy atom. The summed E-state index contributed by atoms with van der Waals surface area (Å²) < 4.78 is 5.01. The normalized spacial score (nSPS) is 24.8. The highest BCUT2D eigenvalue weighted by Gasteiger charge is 2.50. The van der Waals surface area contributed by atoms with Gasteiger partial charge < -0.3 is 15.0 Å². The number of rotatable bonds is 13. The molecule has 0 aromatic heterocycles. The third kappa shape index (κ3) is 8.86. The minimum absolute atomic E-state index is 0.213. The van der Waals surface area contributed by atoms with E-state index in [0.717, 1.165) is 60.2 Å². The molecular formula is C41H58N2O4S. The summed E-state index contributed by atoms with van der Waals surface area (Å²) >= 11 is 1.63. The molecule has 3 unspecified atom stereocenters. The summed E-state index contributed by atoms with van der Waals surface area (Å²) in [6.07, 6.45) is 15.2. The molecule has 3 fully saturated rings. The Kier molecular flexibility index (Phi) is 12.7.